The van der Waals surface area contributed by atoms with Crippen LogP contribution in [0.25, 0.3) is 11.3 Å². The predicted molar refractivity (Wildman–Crippen MR) is 106 cm³/mol. The maximum atomic E-state index is 6.66. The van der Waals surface area contributed by atoms with Crippen molar-refractivity contribution in [1.29, 1.82) is 0 Å². The highest BCUT2D eigenvalue weighted by molar-refractivity contribution is 5.57. The fourth-order valence-corrected chi connectivity index (χ4v) is 4.61. The predicted octanol–water partition coefficient (Wildman–Crippen LogP) is 3.38. The van der Waals surface area contributed by atoms with Gasteiger partial charge in [-0.25, -0.2) is 4.98 Å². The molecule has 2 aliphatic rings. The maximum absolute atomic E-state index is 6.66. The normalized spacial score (nSPS) is 20.6. The molecular weight excluding hydrogens is 334 g/mol. The maximum Gasteiger partial charge on any atom is 0.245 e. The third kappa shape index (κ3) is 2.79. The molecule has 0 unspecified atom stereocenters. The van der Waals surface area contributed by atoms with Crippen LogP contribution in [0.15, 0.2) is 60.8 Å². The summed E-state index contributed by atoms with van der Waals surface area (Å²) in [6.45, 7) is 1.85. The van der Waals surface area contributed by atoms with Gasteiger partial charge in [-0.05, 0) is 35.8 Å². The molecule has 136 valence electrons. The van der Waals surface area contributed by atoms with Crippen molar-refractivity contribution in [2.24, 2.45) is 11.1 Å². The first-order valence-electron chi connectivity index (χ1n) is 9.59. The standard InChI is InChI=1S/C22H23N5/c23-20-18-9-5-4-8-17(18)14-22(20)10-12-27(13-11-22)21-24-15-19(25-26-21)16-6-2-1-3-7-16/h1-9,15,20H,10-14,23H2/t20-/m1/s1. The van der Waals surface area contributed by atoms with E-state index in [-0.39, 0.29) is 11.5 Å². The van der Waals surface area contributed by atoms with Gasteiger partial charge in [0.1, 0.15) is 5.69 Å². The van der Waals surface area contributed by atoms with Gasteiger partial charge in [0, 0.05) is 24.7 Å². The van der Waals surface area contributed by atoms with E-state index < -0.39 is 0 Å². The Labute approximate surface area is 159 Å². The lowest BCUT2D eigenvalue weighted by atomic mass is 9.73. The number of hydrogen-bond donors (Lipinski definition) is 1. The number of fused-ring (bicyclic) bond motifs is 1. The number of anilines is 1. The van der Waals surface area contributed by atoms with Gasteiger partial charge in [0.25, 0.3) is 0 Å². The lowest BCUT2D eigenvalue weighted by Gasteiger charge is -2.42. The Kier molecular flexibility index (Phi) is 3.90. The lowest BCUT2D eigenvalue weighted by molar-refractivity contribution is 0.187. The summed E-state index contributed by atoms with van der Waals surface area (Å²) >= 11 is 0. The van der Waals surface area contributed by atoms with Gasteiger partial charge < -0.3 is 10.6 Å². The minimum Gasteiger partial charge on any atom is -0.339 e. The number of rotatable bonds is 2. The quantitative estimate of drug-likeness (QED) is 0.761. The van der Waals surface area contributed by atoms with E-state index in [2.05, 4.69) is 44.3 Å². The van der Waals surface area contributed by atoms with Crippen molar-refractivity contribution < 1.29 is 0 Å². The van der Waals surface area contributed by atoms with Crippen molar-refractivity contribution in [1.82, 2.24) is 15.2 Å². The van der Waals surface area contributed by atoms with Gasteiger partial charge in [-0.1, -0.05) is 54.6 Å². The highest BCUT2D eigenvalue weighted by atomic mass is 15.3. The highest BCUT2D eigenvalue weighted by Crippen LogP contribution is 2.50. The van der Waals surface area contributed by atoms with Crippen LogP contribution in [0, 0.1) is 5.41 Å². The molecule has 0 bridgehead atoms. The first-order chi connectivity index (χ1) is 13.3. The molecule has 5 heteroatoms. The van der Waals surface area contributed by atoms with E-state index in [1.165, 1.54) is 11.1 Å². The molecule has 0 amide bonds. The van der Waals surface area contributed by atoms with E-state index in [1.54, 1.807) is 0 Å². The van der Waals surface area contributed by atoms with Crippen LogP contribution in [0.1, 0.15) is 30.0 Å². The molecule has 1 aliphatic heterocycles. The molecule has 5 nitrogen and oxygen atoms in total. The molecule has 1 fully saturated rings. The van der Waals surface area contributed by atoms with Crippen molar-refractivity contribution >= 4 is 5.95 Å². The van der Waals surface area contributed by atoms with Crippen molar-refractivity contribution in [3.8, 4) is 11.3 Å². The zero-order valence-corrected chi connectivity index (χ0v) is 15.3. The summed E-state index contributed by atoms with van der Waals surface area (Å²) in [5.74, 6) is 0.716. The van der Waals surface area contributed by atoms with E-state index in [1.807, 2.05) is 36.5 Å². The third-order valence-corrected chi connectivity index (χ3v) is 6.25. The largest absolute Gasteiger partial charge is 0.339 e. The van der Waals surface area contributed by atoms with Crippen molar-refractivity contribution in [3.63, 3.8) is 0 Å². The molecule has 1 atom stereocenters. The lowest BCUT2D eigenvalue weighted by Crippen LogP contribution is -2.45. The molecule has 2 N–H and O–H groups in total. The van der Waals surface area contributed by atoms with E-state index in [0.717, 1.165) is 43.6 Å². The molecule has 0 radical (unpaired) electrons. The number of nitrogens with two attached hydrogens (primary N) is 1. The van der Waals surface area contributed by atoms with Crippen molar-refractivity contribution in [2.75, 3.05) is 18.0 Å². The van der Waals surface area contributed by atoms with Gasteiger partial charge >= 0.3 is 0 Å². The Morgan fingerprint density at radius 2 is 1.67 bits per heavy atom. The highest BCUT2D eigenvalue weighted by Gasteiger charge is 2.46. The van der Waals surface area contributed by atoms with Crippen LogP contribution in [0.3, 0.4) is 0 Å². The van der Waals surface area contributed by atoms with Crippen LogP contribution in [-0.4, -0.2) is 28.3 Å². The van der Waals surface area contributed by atoms with Crippen LogP contribution in [0.2, 0.25) is 0 Å². The van der Waals surface area contributed by atoms with Crippen LogP contribution < -0.4 is 10.6 Å². The Morgan fingerprint density at radius 1 is 0.926 bits per heavy atom. The number of aromatic nitrogens is 3. The fourth-order valence-electron chi connectivity index (χ4n) is 4.61. The summed E-state index contributed by atoms with van der Waals surface area (Å²) in [4.78, 5) is 6.81. The van der Waals surface area contributed by atoms with E-state index >= 15 is 0 Å². The Morgan fingerprint density at radius 3 is 2.37 bits per heavy atom. The summed E-state index contributed by atoms with van der Waals surface area (Å²) in [6, 6.07) is 18.8. The van der Waals surface area contributed by atoms with Crippen LogP contribution in [0.4, 0.5) is 5.95 Å². The molecule has 1 spiro atoms. The second-order valence-electron chi connectivity index (χ2n) is 7.71. The summed E-state index contributed by atoms with van der Waals surface area (Å²) < 4.78 is 0. The van der Waals surface area contributed by atoms with Gasteiger partial charge in [0.05, 0.1) is 6.20 Å². The van der Waals surface area contributed by atoms with Crippen LogP contribution >= 0.6 is 0 Å². The zero-order valence-electron chi connectivity index (χ0n) is 15.3. The summed E-state index contributed by atoms with van der Waals surface area (Å²) in [7, 11) is 0. The fraction of sp³-hybridized carbons (Fsp3) is 0.318. The van der Waals surface area contributed by atoms with Crippen LogP contribution in [0.5, 0.6) is 0 Å². The molecule has 3 aromatic rings. The summed E-state index contributed by atoms with van der Waals surface area (Å²) in [6.07, 6.45) is 5.03. The van der Waals surface area contributed by atoms with Gasteiger partial charge in [-0.3, -0.25) is 0 Å². The Balaban J connectivity index is 1.30. The molecule has 1 saturated heterocycles. The Bertz CT molecular complexity index is 930. The average Bonchev–Trinajstić information content (AvgIpc) is 3.01. The number of benzene rings is 2. The Hall–Kier alpha value is -2.79. The first-order valence-corrected chi connectivity index (χ1v) is 9.59. The zero-order chi connectivity index (χ0) is 18.3. The van der Waals surface area contributed by atoms with Crippen LogP contribution in [-0.2, 0) is 6.42 Å². The molecule has 2 aromatic carbocycles. The molecule has 1 aromatic heterocycles. The van der Waals surface area contributed by atoms with Gasteiger partial charge in [0.2, 0.25) is 5.95 Å². The molecule has 0 saturated carbocycles. The van der Waals surface area contributed by atoms with Crippen molar-refractivity contribution in [3.05, 3.63) is 71.9 Å². The summed E-state index contributed by atoms with van der Waals surface area (Å²) in [5, 5.41) is 8.77. The second-order valence-corrected chi connectivity index (χ2v) is 7.71. The van der Waals surface area contributed by atoms with E-state index in [4.69, 9.17) is 5.73 Å². The number of piperidine rings is 1. The van der Waals surface area contributed by atoms with Gasteiger partial charge in [-0.2, -0.15) is 0 Å². The van der Waals surface area contributed by atoms with E-state index in [9.17, 15) is 0 Å². The first kappa shape index (κ1) is 16.4. The minimum absolute atomic E-state index is 0.135. The van der Waals surface area contributed by atoms with Gasteiger partial charge in [0.15, 0.2) is 0 Å². The topological polar surface area (TPSA) is 67.9 Å². The molecule has 1 aliphatic carbocycles. The minimum atomic E-state index is 0.135. The monoisotopic (exact) mass is 357 g/mol. The smallest absolute Gasteiger partial charge is 0.245 e. The second kappa shape index (κ2) is 6.43. The van der Waals surface area contributed by atoms with E-state index in [0.29, 0.717) is 5.95 Å². The molecule has 2 heterocycles. The number of nitrogens with zero attached hydrogens (tertiary/aromatic N) is 4. The molecular formula is C22H23N5. The average molecular weight is 357 g/mol. The molecule has 27 heavy (non-hydrogen) atoms. The SMILES string of the molecule is N[C@@H]1c2ccccc2CC12CCN(c1ncc(-c3ccccc3)nn1)CC2. The van der Waals surface area contributed by atoms with Gasteiger partial charge in [-0.15, -0.1) is 10.2 Å². The third-order valence-electron chi connectivity index (χ3n) is 6.25. The summed E-state index contributed by atoms with van der Waals surface area (Å²) in [5.41, 5.74) is 11.4. The number of hydrogen-bond acceptors (Lipinski definition) is 5. The van der Waals surface area contributed by atoms with Crippen molar-refractivity contribution in [2.45, 2.75) is 25.3 Å². The molecule has 5 rings (SSSR count).